The molecule has 0 spiro atoms. The standard InChI is InChI=1S/C16H23NO3/c1-3-7-17(10-12-5-6-12)15(18)13-8-11(4-2)9-14(13)16(19)20/h1,11-14H,4-10H2,2H3,(H,19,20)/t11?,13-,14+/m0/s1. The number of terminal acetylenes is 1. The molecule has 2 rings (SSSR count). The molecular weight excluding hydrogens is 254 g/mol. The summed E-state index contributed by atoms with van der Waals surface area (Å²) in [5, 5.41) is 9.34. The number of hydrogen-bond acceptors (Lipinski definition) is 2. The van der Waals surface area contributed by atoms with Gasteiger partial charge in [0.05, 0.1) is 18.4 Å². The molecule has 0 aromatic heterocycles. The minimum atomic E-state index is -0.841. The van der Waals surface area contributed by atoms with Crippen LogP contribution in [0.4, 0.5) is 0 Å². The van der Waals surface area contributed by atoms with E-state index in [4.69, 9.17) is 6.42 Å². The number of rotatable bonds is 6. The predicted octanol–water partition coefficient (Wildman–Crippen LogP) is 2.00. The van der Waals surface area contributed by atoms with Gasteiger partial charge in [-0.2, -0.15) is 0 Å². The minimum Gasteiger partial charge on any atom is -0.481 e. The molecule has 3 atom stereocenters. The van der Waals surface area contributed by atoms with E-state index in [-0.39, 0.29) is 11.8 Å². The van der Waals surface area contributed by atoms with Crippen LogP contribution < -0.4 is 0 Å². The van der Waals surface area contributed by atoms with Crippen LogP contribution >= 0.6 is 0 Å². The summed E-state index contributed by atoms with van der Waals surface area (Å²) in [7, 11) is 0. The number of amides is 1. The summed E-state index contributed by atoms with van der Waals surface area (Å²) in [6, 6.07) is 0. The second-order valence-corrected chi connectivity index (χ2v) is 6.16. The molecule has 0 aliphatic heterocycles. The van der Waals surface area contributed by atoms with Crippen molar-refractivity contribution >= 4 is 11.9 Å². The Morgan fingerprint density at radius 1 is 1.25 bits per heavy atom. The number of aliphatic carboxylic acids is 1. The molecule has 1 N–H and O–H groups in total. The Bertz CT molecular complexity index is 422. The Hall–Kier alpha value is -1.50. The van der Waals surface area contributed by atoms with Crippen LogP contribution in [0.3, 0.4) is 0 Å². The van der Waals surface area contributed by atoms with E-state index >= 15 is 0 Å². The predicted molar refractivity (Wildman–Crippen MR) is 75.8 cm³/mol. The van der Waals surface area contributed by atoms with Gasteiger partial charge in [-0.05, 0) is 37.5 Å². The number of carbonyl (C=O) groups excluding carboxylic acids is 1. The minimum absolute atomic E-state index is 0.0433. The highest BCUT2D eigenvalue weighted by atomic mass is 16.4. The fraction of sp³-hybridized carbons (Fsp3) is 0.750. The SMILES string of the molecule is C#CCN(CC1CC1)C(=O)[C@H]1CC(CC)C[C@H]1C(=O)O. The smallest absolute Gasteiger partial charge is 0.307 e. The van der Waals surface area contributed by atoms with Crippen molar-refractivity contribution in [3.8, 4) is 12.3 Å². The van der Waals surface area contributed by atoms with Crippen molar-refractivity contribution < 1.29 is 14.7 Å². The molecule has 4 heteroatoms. The second kappa shape index (κ2) is 6.30. The fourth-order valence-corrected chi connectivity index (χ4v) is 3.21. The number of nitrogens with zero attached hydrogens (tertiary/aromatic N) is 1. The maximum atomic E-state index is 12.6. The van der Waals surface area contributed by atoms with Crippen LogP contribution in [0.15, 0.2) is 0 Å². The van der Waals surface area contributed by atoms with E-state index in [0.29, 0.717) is 37.8 Å². The van der Waals surface area contributed by atoms with Gasteiger partial charge in [-0.25, -0.2) is 0 Å². The van der Waals surface area contributed by atoms with Gasteiger partial charge in [-0.15, -0.1) is 6.42 Å². The quantitative estimate of drug-likeness (QED) is 0.755. The molecule has 0 bridgehead atoms. The van der Waals surface area contributed by atoms with Gasteiger partial charge in [0, 0.05) is 6.54 Å². The lowest BCUT2D eigenvalue weighted by Gasteiger charge is -2.25. The molecule has 110 valence electrons. The lowest BCUT2D eigenvalue weighted by Crippen LogP contribution is -2.40. The molecule has 0 heterocycles. The maximum Gasteiger partial charge on any atom is 0.307 e. The van der Waals surface area contributed by atoms with Crippen molar-refractivity contribution in [2.24, 2.45) is 23.7 Å². The van der Waals surface area contributed by atoms with Crippen molar-refractivity contribution in [3.05, 3.63) is 0 Å². The number of hydrogen-bond donors (Lipinski definition) is 1. The molecular formula is C16H23NO3. The van der Waals surface area contributed by atoms with Crippen LogP contribution in [0.1, 0.15) is 39.0 Å². The van der Waals surface area contributed by atoms with Crippen molar-refractivity contribution in [3.63, 3.8) is 0 Å². The first-order valence-electron chi connectivity index (χ1n) is 7.51. The average Bonchev–Trinajstić information content (AvgIpc) is 3.12. The highest BCUT2D eigenvalue weighted by Crippen LogP contribution is 2.40. The summed E-state index contributed by atoms with van der Waals surface area (Å²) in [6.07, 6.45) is 9.90. The topological polar surface area (TPSA) is 57.6 Å². The Morgan fingerprint density at radius 2 is 1.90 bits per heavy atom. The maximum absolute atomic E-state index is 12.6. The molecule has 20 heavy (non-hydrogen) atoms. The molecule has 0 radical (unpaired) electrons. The van der Waals surface area contributed by atoms with Crippen LogP contribution in [0.5, 0.6) is 0 Å². The molecule has 2 saturated carbocycles. The molecule has 0 saturated heterocycles. The highest BCUT2D eigenvalue weighted by Gasteiger charge is 2.44. The Labute approximate surface area is 120 Å². The third-order valence-corrected chi connectivity index (χ3v) is 4.64. The van der Waals surface area contributed by atoms with E-state index in [0.717, 1.165) is 19.3 Å². The third kappa shape index (κ3) is 3.33. The summed E-state index contributed by atoms with van der Waals surface area (Å²) in [6.45, 7) is 3.05. The summed E-state index contributed by atoms with van der Waals surface area (Å²) >= 11 is 0. The fourth-order valence-electron chi connectivity index (χ4n) is 3.21. The van der Waals surface area contributed by atoms with Crippen LogP contribution in [-0.4, -0.2) is 35.0 Å². The van der Waals surface area contributed by atoms with E-state index in [2.05, 4.69) is 12.8 Å². The number of carboxylic acid groups (broad SMARTS) is 1. The van der Waals surface area contributed by atoms with Gasteiger partial charge in [-0.3, -0.25) is 9.59 Å². The molecule has 2 aliphatic carbocycles. The molecule has 2 aliphatic rings. The van der Waals surface area contributed by atoms with Crippen LogP contribution in [0.2, 0.25) is 0 Å². The largest absolute Gasteiger partial charge is 0.481 e. The van der Waals surface area contributed by atoms with Crippen LogP contribution in [0.25, 0.3) is 0 Å². The Kier molecular flexibility index (Phi) is 4.69. The molecule has 2 fully saturated rings. The van der Waals surface area contributed by atoms with Crippen LogP contribution in [-0.2, 0) is 9.59 Å². The van der Waals surface area contributed by atoms with Gasteiger partial charge >= 0.3 is 5.97 Å². The van der Waals surface area contributed by atoms with Gasteiger partial charge in [0.2, 0.25) is 5.91 Å². The van der Waals surface area contributed by atoms with E-state index in [1.54, 1.807) is 4.90 Å². The van der Waals surface area contributed by atoms with Crippen molar-refractivity contribution in [2.75, 3.05) is 13.1 Å². The van der Waals surface area contributed by atoms with Gasteiger partial charge < -0.3 is 10.0 Å². The van der Waals surface area contributed by atoms with Gasteiger partial charge in [0.15, 0.2) is 0 Å². The van der Waals surface area contributed by atoms with E-state index in [1.807, 2.05) is 0 Å². The summed E-state index contributed by atoms with van der Waals surface area (Å²) in [5.41, 5.74) is 0. The van der Waals surface area contributed by atoms with Gasteiger partial charge in [-0.1, -0.05) is 19.3 Å². The lowest BCUT2D eigenvalue weighted by atomic mass is 9.94. The van der Waals surface area contributed by atoms with Crippen molar-refractivity contribution in [1.29, 1.82) is 0 Å². The van der Waals surface area contributed by atoms with Gasteiger partial charge in [0.1, 0.15) is 0 Å². The molecule has 1 amide bonds. The lowest BCUT2D eigenvalue weighted by molar-refractivity contribution is -0.149. The van der Waals surface area contributed by atoms with Crippen molar-refractivity contribution in [1.82, 2.24) is 4.90 Å². The first kappa shape index (κ1) is 14.9. The first-order valence-corrected chi connectivity index (χ1v) is 7.51. The highest BCUT2D eigenvalue weighted by molar-refractivity contribution is 5.85. The normalized spacial score (nSPS) is 28.9. The van der Waals surface area contributed by atoms with Crippen LogP contribution in [0, 0.1) is 36.0 Å². The zero-order valence-electron chi connectivity index (χ0n) is 12.0. The molecule has 4 nitrogen and oxygen atoms in total. The van der Waals surface area contributed by atoms with E-state index in [9.17, 15) is 14.7 Å². The van der Waals surface area contributed by atoms with Gasteiger partial charge in [0.25, 0.3) is 0 Å². The monoisotopic (exact) mass is 277 g/mol. The van der Waals surface area contributed by atoms with E-state index in [1.165, 1.54) is 0 Å². The Morgan fingerprint density at radius 3 is 2.40 bits per heavy atom. The summed E-state index contributed by atoms with van der Waals surface area (Å²) in [4.78, 5) is 25.7. The second-order valence-electron chi connectivity index (χ2n) is 6.16. The molecule has 1 unspecified atom stereocenters. The summed E-state index contributed by atoms with van der Waals surface area (Å²) in [5.74, 6) is 1.64. The molecule has 0 aromatic carbocycles. The van der Waals surface area contributed by atoms with E-state index < -0.39 is 11.9 Å². The average molecular weight is 277 g/mol. The zero-order valence-corrected chi connectivity index (χ0v) is 12.0. The van der Waals surface area contributed by atoms with Crippen molar-refractivity contribution in [2.45, 2.75) is 39.0 Å². The number of carbonyl (C=O) groups is 2. The first-order chi connectivity index (χ1) is 9.56. The summed E-state index contributed by atoms with van der Waals surface area (Å²) < 4.78 is 0. The Balaban J connectivity index is 2.07. The molecule has 0 aromatic rings. The number of carboxylic acids is 1. The zero-order chi connectivity index (χ0) is 14.7. The third-order valence-electron chi connectivity index (χ3n) is 4.64.